The summed E-state index contributed by atoms with van der Waals surface area (Å²) in [4.78, 5) is 49.9. The van der Waals surface area contributed by atoms with Gasteiger partial charge in [0.15, 0.2) is 11.5 Å². The van der Waals surface area contributed by atoms with Gasteiger partial charge >= 0.3 is 6.03 Å². The topological polar surface area (TPSA) is 128 Å². The predicted octanol–water partition coefficient (Wildman–Crippen LogP) is 5.51. The van der Waals surface area contributed by atoms with E-state index in [2.05, 4.69) is 5.32 Å². The number of halogens is 1. The number of nitrogens with one attached hydrogen (secondary N) is 1. The molecule has 4 amide bonds. The van der Waals surface area contributed by atoms with Gasteiger partial charge in [0, 0.05) is 12.1 Å². The molecule has 1 saturated heterocycles. The number of nitro groups is 1. The number of non-ortho nitro benzene ring substituents is 1. The van der Waals surface area contributed by atoms with Gasteiger partial charge in [0.2, 0.25) is 0 Å². The summed E-state index contributed by atoms with van der Waals surface area (Å²) in [5.41, 5.74) is 2.66. The largest absolute Gasteiger partial charge is 0.490 e. The van der Waals surface area contributed by atoms with E-state index < -0.39 is 22.8 Å². The molecule has 0 radical (unpaired) electrons. The van der Waals surface area contributed by atoms with Gasteiger partial charge < -0.3 is 9.47 Å². The van der Waals surface area contributed by atoms with Crippen LogP contribution in [-0.2, 0) is 16.2 Å². The molecule has 11 heteroatoms. The minimum absolute atomic E-state index is 0.0386. The Bertz CT molecular complexity index is 1520. The van der Waals surface area contributed by atoms with Crippen molar-refractivity contribution in [2.75, 3.05) is 11.5 Å². The zero-order chi connectivity index (χ0) is 28.3. The molecule has 39 heavy (non-hydrogen) atoms. The van der Waals surface area contributed by atoms with E-state index >= 15 is 0 Å². The van der Waals surface area contributed by atoms with Crippen LogP contribution in [0, 0.1) is 24.0 Å². The molecule has 1 aliphatic rings. The van der Waals surface area contributed by atoms with Gasteiger partial charge in [-0.2, -0.15) is 0 Å². The van der Waals surface area contributed by atoms with Crippen LogP contribution >= 0.6 is 11.6 Å². The number of nitrogens with zero attached hydrogens (tertiary/aromatic N) is 2. The summed E-state index contributed by atoms with van der Waals surface area (Å²) in [7, 11) is 0. The minimum atomic E-state index is -0.834. The molecule has 3 aromatic rings. The third kappa shape index (κ3) is 5.91. The number of carbonyl (C=O) groups excluding carboxylic acids is 3. The summed E-state index contributed by atoms with van der Waals surface area (Å²) < 4.78 is 11.6. The third-order valence-corrected chi connectivity index (χ3v) is 6.16. The average molecular weight is 550 g/mol. The molecule has 0 aliphatic carbocycles. The van der Waals surface area contributed by atoms with Crippen molar-refractivity contribution in [2.45, 2.75) is 27.4 Å². The molecule has 0 aromatic heterocycles. The molecular weight excluding hydrogens is 526 g/mol. The highest BCUT2D eigenvalue weighted by molar-refractivity contribution is 6.39. The van der Waals surface area contributed by atoms with E-state index in [1.54, 1.807) is 44.2 Å². The van der Waals surface area contributed by atoms with Gasteiger partial charge in [-0.05, 0) is 79.4 Å². The maximum Gasteiger partial charge on any atom is 0.335 e. The Balaban J connectivity index is 1.65. The molecule has 1 aliphatic heterocycles. The number of benzene rings is 3. The molecule has 0 spiro atoms. The van der Waals surface area contributed by atoms with Crippen molar-refractivity contribution >= 4 is 46.9 Å². The first-order chi connectivity index (χ1) is 18.6. The molecule has 3 aromatic carbocycles. The maximum atomic E-state index is 13.3. The summed E-state index contributed by atoms with van der Waals surface area (Å²) in [6.45, 7) is 5.70. The second-order valence-electron chi connectivity index (χ2n) is 8.72. The monoisotopic (exact) mass is 549 g/mol. The summed E-state index contributed by atoms with van der Waals surface area (Å²) in [6.07, 6.45) is 1.33. The van der Waals surface area contributed by atoms with E-state index in [0.29, 0.717) is 22.4 Å². The molecular formula is C28H24ClN3O7. The molecule has 200 valence electrons. The Labute approximate surface area is 228 Å². The smallest absolute Gasteiger partial charge is 0.335 e. The number of imide groups is 2. The van der Waals surface area contributed by atoms with Crippen LogP contribution in [-0.4, -0.2) is 29.4 Å². The first kappa shape index (κ1) is 27.3. The Morgan fingerprint density at radius 1 is 1.03 bits per heavy atom. The van der Waals surface area contributed by atoms with Crippen molar-refractivity contribution < 1.29 is 28.8 Å². The zero-order valence-corrected chi connectivity index (χ0v) is 22.1. The fourth-order valence-corrected chi connectivity index (χ4v) is 4.22. The molecule has 0 saturated carbocycles. The minimum Gasteiger partial charge on any atom is -0.490 e. The van der Waals surface area contributed by atoms with E-state index in [1.807, 2.05) is 13.0 Å². The van der Waals surface area contributed by atoms with Crippen LogP contribution in [0.5, 0.6) is 11.5 Å². The molecule has 0 atom stereocenters. The summed E-state index contributed by atoms with van der Waals surface area (Å²) >= 11 is 6.51. The van der Waals surface area contributed by atoms with Crippen LogP contribution in [0.4, 0.5) is 16.2 Å². The van der Waals surface area contributed by atoms with E-state index in [1.165, 1.54) is 24.3 Å². The number of aryl methyl sites for hydroxylation is 2. The van der Waals surface area contributed by atoms with Crippen LogP contribution in [0.2, 0.25) is 5.02 Å². The summed E-state index contributed by atoms with van der Waals surface area (Å²) in [6, 6.07) is 13.5. The lowest BCUT2D eigenvalue weighted by Gasteiger charge is -2.28. The van der Waals surface area contributed by atoms with Crippen LogP contribution < -0.4 is 19.7 Å². The average Bonchev–Trinajstić information content (AvgIpc) is 2.88. The highest BCUT2D eigenvalue weighted by Gasteiger charge is 2.37. The number of amides is 4. The number of hydrogen-bond acceptors (Lipinski definition) is 7. The number of urea groups is 1. The van der Waals surface area contributed by atoms with Gasteiger partial charge in [-0.1, -0.05) is 23.7 Å². The molecule has 1 N–H and O–H groups in total. The number of carbonyl (C=O) groups is 3. The summed E-state index contributed by atoms with van der Waals surface area (Å²) in [5, 5.41) is 13.2. The second-order valence-corrected chi connectivity index (χ2v) is 9.13. The molecule has 10 nitrogen and oxygen atoms in total. The van der Waals surface area contributed by atoms with Crippen molar-refractivity contribution in [2.24, 2.45) is 0 Å². The van der Waals surface area contributed by atoms with Crippen molar-refractivity contribution in [3.63, 3.8) is 0 Å². The molecule has 0 unspecified atom stereocenters. The van der Waals surface area contributed by atoms with Gasteiger partial charge in [0.25, 0.3) is 17.5 Å². The highest BCUT2D eigenvalue weighted by atomic mass is 35.5. The van der Waals surface area contributed by atoms with E-state index in [-0.39, 0.29) is 41.0 Å². The number of anilines is 1. The van der Waals surface area contributed by atoms with Crippen molar-refractivity contribution in [3.8, 4) is 11.5 Å². The fraction of sp³-hybridized carbons (Fsp3) is 0.179. The van der Waals surface area contributed by atoms with Crippen LogP contribution in [0.3, 0.4) is 0 Å². The number of barbiturate groups is 1. The lowest BCUT2D eigenvalue weighted by Crippen LogP contribution is -2.54. The fourth-order valence-electron chi connectivity index (χ4n) is 3.95. The Kier molecular flexibility index (Phi) is 7.96. The van der Waals surface area contributed by atoms with Crippen LogP contribution in [0.15, 0.2) is 60.2 Å². The Hall–Kier alpha value is -4.70. The van der Waals surface area contributed by atoms with Crippen molar-refractivity contribution in [1.29, 1.82) is 0 Å². The molecule has 0 bridgehead atoms. The van der Waals surface area contributed by atoms with Crippen LogP contribution in [0.25, 0.3) is 6.08 Å². The first-order valence-electron chi connectivity index (χ1n) is 11.9. The maximum absolute atomic E-state index is 13.3. The van der Waals surface area contributed by atoms with Gasteiger partial charge in [0.05, 0.1) is 22.2 Å². The molecule has 1 heterocycles. The normalized spacial score (nSPS) is 14.4. The number of nitro benzene ring substituents is 1. The lowest BCUT2D eigenvalue weighted by atomic mass is 10.0. The van der Waals surface area contributed by atoms with Gasteiger partial charge in [-0.3, -0.25) is 25.0 Å². The standard InChI is InChI=1S/C28H24ClN3O7/c1-4-38-24-14-19(13-22(29)25(24)39-15-18-7-9-20(10-8-18)32(36)37)12-21-26(33)30-28(35)31(27(21)34)23-11-16(2)5-6-17(23)3/h5-14H,4,15H2,1-3H3,(H,30,33,35)/b21-12+. The Morgan fingerprint density at radius 3 is 2.41 bits per heavy atom. The van der Waals surface area contributed by atoms with Gasteiger partial charge in [-0.15, -0.1) is 0 Å². The second kappa shape index (κ2) is 11.4. The van der Waals surface area contributed by atoms with Crippen molar-refractivity contribution in [1.82, 2.24) is 5.32 Å². The molecule has 1 fully saturated rings. The number of ether oxygens (including phenoxy) is 2. The van der Waals surface area contributed by atoms with Gasteiger partial charge in [-0.25, -0.2) is 9.69 Å². The Morgan fingerprint density at radius 2 is 1.74 bits per heavy atom. The predicted molar refractivity (Wildman–Crippen MR) is 145 cm³/mol. The first-order valence-corrected chi connectivity index (χ1v) is 12.3. The SMILES string of the molecule is CCOc1cc(/C=C2\C(=O)NC(=O)N(c3cc(C)ccc3C)C2=O)cc(Cl)c1OCc1ccc([N+](=O)[O-])cc1. The highest BCUT2D eigenvalue weighted by Crippen LogP contribution is 2.38. The number of rotatable bonds is 8. The van der Waals surface area contributed by atoms with E-state index in [4.69, 9.17) is 21.1 Å². The lowest BCUT2D eigenvalue weighted by molar-refractivity contribution is -0.384. The zero-order valence-electron chi connectivity index (χ0n) is 21.3. The van der Waals surface area contributed by atoms with E-state index in [0.717, 1.165) is 10.5 Å². The quantitative estimate of drug-likeness (QED) is 0.170. The molecule has 4 rings (SSSR count). The van der Waals surface area contributed by atoms with Gasteiger partial charge in [0.1, 0.15) is 12.2 Å². The van der Waals surface area contributed by atoms with Crippen molar-refractivity contribution in [3.05, 3.63) is 97.6 Å². The third-order valence-electron chi connectivity index (χ3n) is 5.88. The van der Waals surface area contributed by atoms with E-state index in [9.17, 15) is 24.5 Å². The van der Waals surface area contributed by atoms with Crippen LogP contribution in [0.1, 0.15) is 29.2 Å². The summed E-state index contributed by atoms with van der Waals surface area (Å²) in [5.74, 6) is -1.11. The number of hydrogen-bond donors (Lipinski definition) is 1.